The highest BCUT2D eigenvalue weighted by Crippen LogP contribution is 2.22. The zero-order valence-electron chi connectivity index (χ0n) is 11.6. The standard InChI is InChI=1S/C14H18F3NO2/c1-14(2,3)6-12(20)18-11(7-19)8-4-9(15)13(17)10(16)5-8/h4-5,11,19H,6-7H2,1-3H3,(H,18,20). The van der Waals surface area contributed by atoms with E-state index < -0.39 is 30.1 Å². The SMILES string of the molecule is CC(C)(C)CC(=O)NC(CO)c1cc(F)c(F)c(F)c1. The second-order valence-corrected chi connectivity index (χ2v) is 5.84. The van der Waals surface area contributed by atoms with Gasteiger partial charge in [-0.1, -0.05) is 20.8 Å². The second-order valence-electron chi connectivity index (χ2n) is 5.84. The second kappa shape index (κ2) is 6.26. The van der Waals surface area contributed by atoms with Gasteiger partial charge in [-0.3, -0.25) is 4.79 Å². The van der Waals surface area contributed by atoms with Crippen molar-refractivity contribution in [3.63, 3.8) is 0 Å². The Bertz CT molecular complexity index is 475. The van der Waals surface area contributed by atoms with Gasteiger partial charge < -0.3 is 10.4 Å². The van der Waals surface area contributed by atoms with Crippen LogP contribution in [0.4, 0.5) is 13.2 Å². The molecule has 0 radical (unpaired) electrons. The number of carbonyl (C=O) groups is 1. The topological polar surface area (TPSA) is 49.3 Å². The highest BCUT2D eigenvalue weighted by Gasteiger charge is 2.21. The van der Waals surface area contributed by atoms with Crippen molar-refractivity contribution in [2.45, 2.75) is 33.2 Å². The monoisotopic (exact) mass is 289 g/mol. The van der Waals surface area contributed by atoms with Gasteiger partial charge in [-0.2, -0.15) is 0 Å². The first-order chi connectivity index (χ1) is 9.14. The molecule has 3 nitrogen and oxygen atoms in total. The van der Waals surface area contributed by atoms with Crippen LogP contribution in [-0.2, 0) is 4.79 Å². The maximum atomic E-state index is 13.1. The van der Waals surface area contributed by atoms with Crippen LogP contribution in [0.25, 0.3) is 0 Å². The highest BCUT2D eigenvalue weighted by atomic mass is 19.2. The Morgan fingerprint density at radius 3 is 2.15 bits per heavy atom. The molecule has 6 heteroatoms. The van der Waals surface area contributed by atoms with Crippen LogP contribution in [0.2, 0.25) is 0 Å². The number of rotatable bonds is 4. The van der Waals surface area contributed by atoms with E-state index in [1.807, 2.05) is 20.8 Å². The Hall–Kier alpha value is -1.56. The summed E-state index contributed by atoms with van der Waals surface area (Å²) in [6.07, 6.45) is 0.190. The van der Waals surface area contributed by atoms with Crippen LogP contribution < -0.4 is 5.32 Å². The van der Waals surface area contributed by atoms with Crippen LogP contribution in [0.5, 0.6) is 0 Å². The molecule has 0 aromatic heterocycles. The van der Waals surface area contributed by atoms with Gasteiger partial charge in [-0.05, 0) is 23.1 Å². The van der Waals surface area contributed by atoms with Crippen molar-refractivity contribution < 1.29 is 23.1 Å². The molecule has 1 unspecified atom stereocenters. The van der Waals surface area contributed by atoms with E-state index in [9.17, 15) is 23.1 Å². The summed E-state index contributed by atoms with van der Waals surface area (Å²) in [5.74, 6) is -4.65. The molecule has 0 aliphatic rings. The summed E-state index contributed by atoms with van der Waals surface area (Å²) in [7, 11) is 0. The molecule has 0 heterocycles. The van der Waals surface area contributed by atoms with Crippen molar-refractivity contribution in [3.8, 4) is 0 Å². The van der Waals surface area contributed by atoms with Crippen LogP contribution in [0.3, 0.4) is 0 Å². The average Bonchev–Trinajstić information content (AvgIpc) is 2.30. The fourth-order valence-corrected chi connectivity index (χ4v) is 1.74. The summed E-state index contributed by atoms with van der Waals surface area (Å²) >= 11 is 0. The van der Waals surface area contributed by atoms with Crippen LogP contribution in [0.1, 0.15) is 38.8 Å². The third-order valence-corrected chi connectivity index (χ3v) is 2.62. The highest BCUT2D eigenvalue weighted by molar-refractivity contribution is 5.77. The molecule has 1 aromatic carbocycles. The lowest BCUT2D eigenvalue weighted by molar-refractivity contribution is -0.123. The van der Waals surface area contributed by atoms with Crippen molar-refractivity contribution in [2.75, 3.05) is 6.61 Å². The first kappa shape index (κ1) is 16.5. The molecule has 0 saturated carbocycles. The lowest BCUT2D eigenvalue weighted by atomic mass is 9.91. The van der Waals surface area contributed by atoms with Crippen molar-refractivity contribution in [1.29, 1.82) is 0 Å². The predicted molar refractivity (Wildman–Crippen MR) is 68.4 cm³/mol. The number of hydrogen-bond donors (Lipinski definition) is 2. The fourth-order valence-electron chi connectivity index (χ4n) is 1.74. The minimum absolute atomic E-state index is 0.0221. The molecule has 112 valence electrons. The zero-order valence-corrected chi connectivity index (χ0v) is 11.6. The number of aliphatic hydroxyl groups is 1. The van der Waals surface area contributed by atoms with Gasteiger partial charge >= 0.3 is 0 Å². The van der Waals surface area contributed by atoms with Gasteiger partial charge in [0, 0.05) is 6.42 Å². The Morgan fingerprint density at radius 2 is 1.75 bits per heavy atom. The molecule has 20 heavy (non-hydrogen) atoms. The molecule has 0 saturated heterocycles. The molecule has 1 amide bonds. The summed E-state index contributed by atoms with van der Waals surface area (Å²) in [5, 5.41) is 11.7. The Balaban J connectivity index is 2.89. The van der Waals surface area contributed by atoms with Gasteiger partial charge in [-0.25, -0.2) is 13.2 Å². The number of aliphatic hydroxyl groups excluding tert-OH is 1. The largest absolute Gasteiger partial charge is 0.394 e. The van der Waals surface area contributed by atoms with E-state index in [-0.39, 0.29) is 23.3 Å². The molecule has 1 aromatic rings. The first-order valence-corrected chi connectivity index (χ1v) is 6.18. The van der Waals surface area contributed by atoms with E-state index in [1.165, 1.54) is 0 Å². The van der Waals surface area contributed by atoms with Crippen LogP contribution >= 0.6 is 0 Å². The molecular formula is C14H18F3NO2. The normalized spacial score (nSPS) is 13.2. The molecular weight excluding hydrogens is 271 g/mol. The minimum Gasteiger partial charge on any atom is -0.394 e. The summed E-state index contributed by atoms with van der Waals surface area (Å²) in [6.45, 7) is 5.04. The van der Waals surface area contributed by atoms with Crippen molar-refractivity contribution >= 4 is 5.91 Å². The van der Waals surface area contributed by atoms with E-state index in [4.69, 9.17) is 0 Å². The Kier molecular flexibility index (Phi) is 5.16. The number of halogens is 3. The van der Waals surface area contributed by atoms with Gasteiger partial charge in [-0.15, -0.1) is 0 Å². The Labute approximate surface area is 115 Å². The number of carbonyl (C=O) groups excluding carboxylic acids is 1. The lowest BCUT2D eigenvalue weighted by Crippen LogP contribution is -2.33. The quantitative estimate of drug-likeness (QED) is 0.837. The van der Waals surface area contributed by atoms with Gasteiger partial charge in [0.1, 0.15) is 0 Å². The lowest BCUT2D eigenvalue weighted by Gasteiger charge is -2.21. The maximum absolute atomic E-state index is 13.1. The van der Waals surface area contributed by atoms with Crippen molar-refractivity contribution in [2.24, 2.45) is 5.41 Å². The third-order valence-electron chi connectivity index (χ3n) is 2.62. The maximum Gasteiger partial charge on any atom is 0.221 e. The summed E-state index contributed by atoms with van der Waals surface area (Å²) < 4.78 is 39.1. The molecule has 0 fully saturated rings. The first-order valence-electron chi connectivity index (χ1n) is 6.18. The van der Waals surface area contributed by atoms with E-state index in [2.05, 4.69) is 5.32 Å². The number of amides is 1. The van der Waals surface area contributed by atoms with Gasteiger partial charge in [0.15, 0.2) is 17.5 Å². The van der Waals surface area contributed by atoms with E-state index in [0.717, 1.165) is 12.1 Å². The smallest absolute Gasteiger partial charge is 0.221 e. The fraction of sp³-hybridized carbons (Fsp3) is 0.500. The van der Waals surface area contributed by atoms with Crippen molar-refractivity contribution in [3.05, 3.63) is 35.1 Å². The number of nitrogens with one attached hydrogen (secondary N) is 1. The molecule has 0 spiro atoms. The third kappa shape index (κ3) is 4.52. The van der Waals surface area contributed by atoms with E-state index in [1.54, 1.807) is 0 Å². The van der Waals surface area contributed by atoms with Gasteiger partial charge in [0.2, 0.25) is 5.91 Å². The zero-order chi connectivity index (χ0) is 15.5. The molecule has 2 N–H and O–H groups in total. The average molecular weight is 289 g/mol. The number of benzene rings is 1. The van der Waals surface area contributed by atoms with Crippen molar-refractivity contribution in [1.82, 2.24) is 5.32 Å². The minimum atomic E-state index is -1.58. The van der Waals surface area contributed by atoms with E-state index in [0.29, 0.717) is 0 Å². The molecule has 1 rings (SSSR count). The van der Waals surface area contributed by atoms with Crippen LogP contribution in [0, 0.1) is 22.9 Å². The summed E-state index contributed by atoms with van der Waals surface area (Å²) in [4.78, 5) is 11.8. The molecule has 0 aliphatic heterocycles. The summed E-state index contributed by atoms with van der Waals surface area (Å²) in [6, 6.07) is 0.544. The molecule has 0 aliphatic carbocycles. The summed E-state index contributed by atoms with van der Waals surface area (Å²) in [5.41, 5.74) is -0.283. The molecule has 0 bridgehead atoms. The van der Waals surface area contributed by atoms with E-state index >= 15 is 0 Å². The van der Waals surface area contributed by atoms with Crippen LogP contribution in [0.15, 0.2) is 12.1 Å². The predicted octanol–water partition coefficient (Wildman–Crippen LogP) is 2.69. The Morgan fingerprint density at radius 1 is 1.25 bits per heavy atom. The van der Waals surface area contributed by atoms with Gasteiger partial charge in [0.25, 0.3) is 0 Å². The number of hydrogen-bond acceptors (Lipinski definition) is 2. The van der Waals surface area contributed by atoms with Crippen LogP contribution in [-0.4, -0.2) is 17.6 Å². The van der Waals surface area contributed by atoms with Gasteiger partial charge in [0.05, 0.1) is 12.6 Å². The molecule has 1 atom stereocenters.